The summed E-state index contributed by atoms with van der Waals surface area (Å²) in [4.78, 5) is 27.8. The van der Waals surface area contributed by atoms with E-state index >= 15 is 0 Å². The molecule has 1 atom stereocenters. The van der Waals surface area contributed by atoms with Gasteiger partial charge in [-0.05, 0) is 60.0 Å². The van der Waals surface area contributed by atoms with Crippen molar-refractivity contribution in [3.8, 4) is 5.75 Å². The zero-order valence-electron chi connectivity index (χ0n) is 21.9. The number of halogens is 2. The first kappa shape index (κ1) is 28.4. The van der Waals surface area contributed by atoms with Crippen molar-refractivity contribution in [3.63, 3.8) is 0 Å². The second-order valence-electron chi connectivity index (χ2n) is 9.18. The lowest BCUT2D eigenvalue weighted by atomic mass is 9.95. The number of ketones is 1. The number of aliphatic hydroxyl groups is 1. The molecule has 1 unspecified atom stereocenters. The third kappa shape index (κ3) is 6.15. The lowest BCUT2D eigenvalue weighted by Crippen LogP contribution is -2.29. The van der Waals surface area contributed by atoms with E-state index in [4.69, 9.17) is 4.74 Å². The highest BCUT2D eigenvalue weighted by Gasteiger charge is 2.48. The van der Waals surface area contributed by atoms with Crippen molar-refractivity contribution >= 4 is 45.7 Å². The van der Waals surface area contributed by atoms with E-state index < -0.39 is 29.3 Å². The number of amides is 1. The standard InChI is InChI=1S/C30H25F2N3O4S2/c1-2-3-15-39-22-13-11-18(12-14-22)26(36)24-25(19-8-6-9-21(31)16-19)35(28(38)27(24)37)29-33-34-30(41-29)40-17-20-7-4-5-10-23(20)32/h4-14,16,25,36H,2-3,15,17H2,1H3/b26-24+. The van der Waals surface area contributed by atoms with Crippen molar-refractivity contribution in [3.05, 3.63) is 107 Å². The molecule has 1 fully saturated rings. The summed E-state index contributed by atoms with van der Waals surface area (Å²) in [7, 11) is 0. The summed E-state index contributed by atoms with van der Waals surface area (Å²) in [6.07, 6.45) is 1.88. The minimum absolute atomic E-state index is 0.0936. The lowest BCUT2D eigenvalue weighted by molar-refractivity contribution is -0.132. The minimum atomic E-state index is -1.15. The van der Waals surface area contributed by atoms with Gasteiger partial charge in [0, 0.05) is 11.3 Å². The van der Waals surface area contributed by atoms with Crippen LogP contribution >= 0.6 is 23.1 Å². The monoisotopic (exact) mass is 593 g/mol. The summed E-state index contributed by atoms with van der Waals surface area (Å²) >= 11 is 2.27. The van der Waals surface area contributed by atoms with Crippen LogP contribution in [-0.2, 0) is 15.3 Å². The van der Waals surface area contributed by atoms with E-state index in [-0.39, 0.29) is 27.8 Å². The molecule has 7 nitrogen and oxygen atoms in total. The van der Waals surface area contributed by atoms with Crippen molar-refractivity contribution in [2.45, 2.75) is 35.9 Å². The maximum absolute atomic E-state index is 14.3. The van der Waals surface area contributed by atoms with Crippen LogP contribution < -0.4 is 9.64 Å². The van der Waals surface area contributed by atoms with Gasteiger partial charge < -0.3 is 9.84 Å². The van der Waals surface area contributed by atoms with Gasteiger partial charge in [0.15, 0.2) is 4.34 Å². The molecule has 11 heteroatoms. The van der Waals surface area contributed by atoms with Crippen molar-refractivity contribution in [2.24, 2.45) is 0 Å². The summed E-state index contributed by atoms with van der Waals surface area (Å²) in [5.41, 5.74) is 0.860. The fraction of sp³-hybridized carbons (Fsp3) is 0.200. The average Bonchev–Trinajstić information content (AvgIpc) is 3.54. The van der Waals surface area contributed by atoms with Gasteiger partial charge in [0.1, 0.15) is 23.1 Å². The predicted octanol–water partition coefficient (Wildman–Crippen LogP) is 6.91. The smallest absolute Gasteiger partial charge is 0.301 e. The second-order valence-corrected chi connectivity index (χ2v) is 11.4. The summed E-state index contributed by atoms with van der Waals surface area (Å²) in [5, 5.41) is 19.6. The number of aromatic nitrogens is 2. The first-order chi connectivity index (χ1) is 19.9. The third-order valence-corrected chi connectivity index (χ3v) is 8.52. The van der Waals surface area contributed by atoms with E-state index in [0.29, 0.717) is 27.8 Å². The molecule has 210 valence electrons. The second kappa shape index (κ2) is 12.6. The number of benzene rings is 3. The van der Waals surface area contributed by atoms with E-state index in [2.05, 4.69) is 17.1 Å². The van der Waals surface area contributed by atoms with Gasteiger partial charge >= 0.3 is 5.91 Å². The SMILES string of the molecule is CCCCOc1ccc(/C(O)=C2\C(=O)C(=O)N(c3nnc(SCc4ccccc4F)s3)C2c2cccc(F)c2)cc1. The number of hydrogen-bond donors (Lipinski definition) is 1. The van der Waals surface area contributed by atoms with Crippen LogP contribution in [0.4, 0.5) is 13.9 Å². The molecule has 1 saturated heterocycles. The number of nitrogens with zero attached hydrogens (tertiary/aromatic N) is 3. The Labute approximate surface area is 243 Å². The van der Waals surface area contributed by atoms with Gasteiger partial charge in [-0.1, -0.05) is 66.8 Å². The van der Waals surface area contributed by atoms with Crippen LogP contribution in [0.5, 0.6) is 5.75 Å². The van der Waals surface area contributed by atoms with E-state index in [9.17, 15) is 23.5 Å². The van der Waals surface area contributed by atoms with E-state index in [1.54, 1.807) is 48.5 Å². The first-order valence-electron chi connectivity index (χ1n) is 12.9. The number of aliphatic hydroxyl groups excluding tert-OH is 1. The normalized spacial score (nSPS) is 16.4. The molecule has 2 heterocycles. The fourth-order valence-electron chi connectivity index (χ4n) is 4.33. The van der Waals surface area contributed by atoms with E-state index in [1.165, 1.54) is 36.0 Å². The van der Waals surface area contributed by atoms with Crippen LogP contribution in [0.15, 0.2) is 82.7 Å². The number of carbonyl (C=O) groups is 2. The van der Waals surface area contributed by atoms with E-state index in [1.807, 2.05) is 0 Å². The van der Waals surface area contributed by atoms with Gasteiger partial charge in [0.2, 0.25) is 5.13 Å². The van der Waals surface area contributed by atoms with Crippen LogP contribution in [-0.4, -0.2) is 33.6 Å². The molecule has 0 aliphatic carbocycles. The summed E-state index contributed by atoms with van der Waals surface area (Å²) in [5.74, 6) is -2.30. The number of ether oxygens (including phenoxy) is 1. The maximum atomic E-state index is 14.3. The number of unbranched alkanes of at least 4 members (excludes halogenated alkanes) is 1. The Kier molecular flexibility index (Phi) is 8.75. The molecule has 1 aliphatic heterocycles. The van der Waals surface area contributed by atoms with Gasteiger partial charge in [0.05, 0.1) is 18.2 Å². The molecule has 1 aliphatic rings. The van der Waals surface area contributed by atoms with Gasteiger partial charge in [-0.25, -0.2) is 8.78 Å². The molecular formula is C30H25F2N3O4S2. The zero-order valence-corrected chi connectivity index (χ0v) is 23.6. The highest BCUT2D eigenvalue weighted by molar-refractivity contribution is 8.00. The quantitative estimate of drug-likeness (QED) is 0.0533. The third-order valence-electron chi connectivity index (χ3n) is 6.41. The number of carbonyl (C=O) groups excluding carboxylic acids is 2. The molecule has 0 radical (unpaired) electrons. The van der Waals surface area contributed by atoms with Crippen molar-refractivity contribution in [1.29, 1.82) is 0 Å². The largest absolute Gasteiger partial charge is 0.507 e. The predicted molar refractivity (Wildman–Crippen MR) is 154 cm³/mol. The average molecular weight is 594 g/mol. The van der Waals surface area contributed by atoms with Crippen LogP contribution in [0.3, 0.4) is 0 Å². The Morgan fingerprint density at radius 2 is 1.83 bits per heavy atom. The molecule has 3 aromatic carbocycles. The Hall–Kier alpha value is -4.09. The zero-order chi connectivity index (χ0) is 28.9. The van der Waals surface area contributed by atoms with Gasteiger partial charge in [-0.2, -0.15) is 0 Å². The highest BCUT2D eigenvalue weighted by Crippen LogP contribution is 2.44. The molecule has 1 N–H and O–H groups in total. The van der Waals surface area contributed by atoms with Crippen molar-refractivity contribution in [1.82, 2.24) is 10.2 Å². The summed E-state index contributed by atoms with van der Waals surface area (Å²) < 4.78 is 34.5. The molecular weight excluding hydrogens is 568 g/mol. The van der Waals surface area contributed by atoms with Crippen molar-refractivity contribution < 1.29 is 28.2 Å². The Morgan fingerprint density at radius 3 is 2.56 bits per heavy atom. The Bertz CT molecular complexity index is 1610. The van der Waals surface area contributed by atoms with E-state index in [0.717, 1.165) is 29.1 Å². The Morgan fingerprint density at radius 1 is 1.05 bits per heavy atom. The number of hydrogen-bond acceptors (Lipinski definition) is 8. The summed E-state index contributed by atoms with van der Waals surface area (Å²) in [6, 6.07) is 17.2. The molecule has 5 rings (SSSR count). The molecule has 0 spiro atoms. The maximum Gasteiger partial charge on any atom is 0.301 e. The highest BCUT2D eigenvalue weighted by atomic mass is 32.2. The van der Waals surface area contributed by atoms with Crippen LogP contribution in [0, 0.1) is 11.6 Å². The molecule has 0 saturated carbocycles. The topological polar surface area (TPSA) is 92.6 Å². The fourth-order valence-corrected chi connectivity index (χ4v) is 6.19. The number of rotatable bonds is 10. The first-order valence-corrected chi connectivity index (χ1v) is 14.7. The lowest BCUT2D eigenvalue weighted by Gasteiger charge is -2.22. The Balaban J connectivity index is 1.49. The van der Waals surface area contributed by atoms with Crippen LogP contribution in [0.2, 0.25) is 0 Å². The summed E-state index contributed by atoms with van der Waals surface area (Å²) in [6.45, 7) is 2.61. The minimum Gasteiger partial charge on any atom is -0.507 e. The molecule has 4 aromatic rings. The molecule has 41 heavy (non-hydrogen) atoms. The van der Waals surface area contributed by atoms with Gasteiger partial charge in [0.25, 0.3) is 5.78 Å². The molecule has 1 amide bonds. The van der Waals surface area contributed by atoms with Gasteiger partial charge in [-0.3, -0.25) is 14.5 Å². The van der Waals surface area contributed by atoms with Gasteiger partial charge in [-0.15, -0.1) is 10.2 Å². The number of anilines is 1. The molecule has 0 bridgehead atoms. The molecule has 1 aromatic heterocycles. The van der Waals surface area contributed by atoms with Crippen LogP contribution in [0.25, 0.3) is 5.76 Å². The number of Topliss-reactive ketones (excluding diaryl/α,β-unsaturated/α-hetero) is 1. The number of thioether (sulfide) groups is 1. The van der Waals surface area contributed by atoms with Crippen molar-refractivity contribution in [2.75, 3.05) is 11.5 Å². The van der Waals surface area contributed by atoms with Crippen LogP contribution in [0.1, 0.15) is 42.5 Å².